The lowest BCUT2D eigenvalue weighted by Gasteiger charge is -2.26. The van der Waals surface area contributed by atoms with Gasteiger partial charge in [-0.05, 0) is 61.6 Å². The number of phenolic OH excluding ortho intramolecular Hbond substituents is 1. The van der Waals surface area contributed by atoms with Crippen molar-refractivity contribution < 1.29 is 24.5 Å². The number of rotatable bonds is 5. The lowest BCUT2D eigenvalue weighted by Crippen LogP contribution is -2.30. The zero-order valence-corrected chi connectivity index (χ0v) is 16.0. The zero-order chi connectivity index (χ0) is 19.8. The van der Waals surface area contributed by atoms with Crippen LogP contribution in [0.2, 0.25) is 0 Å². The van der Waals surface area contributed by atoms with Gasteiger partial charge in [-0.15, -0.1) is 0 Å². The Morgan fingerprint density at radius 1 is 1.22 bits per heavy atom. The summed E-state index contributed by atoms with van der Waals surface area (Å²) in [5.41, 5.74) is 4.15. The maximum Gasteiger partial charge on any atom is 0.329 e. The number of aliphatic carboxylic acids is 1. The van der Waals surface area contributed by atoms with Crippen molar-refractivity contribution in [2.75, 3.05) is 25.6 Å². The Morgan fingerprint density at radius 2 is 1.89 bits per heavy atom. The van der Waals surface area contributed by atoms with Crippen LogP contribution in [-0.2, 0) is 16.0 Å². The molecule has 1 unspecified atom stereocenters. The molecule has 1 atom stereocenters. The van der Waals surface area contributed by atoms with Crippen molar-refractivity contribution >= 4 is 11.7 Å². The average Bonchev–Trinajstić information content (AvgIpc) is 2.66. The van der Waals surface area contributed by atoms with Gasteiger partial charge in [-0.3, -0.25) is 0 Å². The third kappa shape index (κ3) is 6.18. The van der Waals surface area contributed by atoms with Gasteiger partial charge in [0.1, 0.15) is 18.1 Å². The van der Waals surface area contributed by atoms with Gasteiger partial charge in [0.05, 0.1) is 13.7 Å². The lowest BCUT2D eigenvalue weighted by molar-refractivity contribution is -0.142. The summed E-state index contributed by atoms with van der Waals surface area (Å²) in [5.74, 6) is 0.222. The third-order valence-corrected chi connectivity index (χ3v) is 4.38. The van der Waals surface area contributed by atoms with Crippen LogP contribution >= 0.6 is 0 Å². The highest BCUT2D eigenvalue weighted by Gasteiger charge is 2.17. The lowest BCUT2D eigenvalue weighted by atomic mass is 9.99. The van der Waals surface area contributed by atoms with Gasteiger partial charge < -0.3 is 25.0 Å². The number of fused-ring (bicyclic) bond motifs is 1. The normalized spacial score (nSPS) is 15.0. The quantitative estimate of drug-likeness (QED) is 0.743. The molecule has 1 aliphatic heterocycles. The highest BCUT2D eigenvalue weighted by molar-refractivity contribution is 5.68. The minimum atomic E-state index is -0.920. The molecule has 3 rings (SSSR count). The summed E-state index contributed by atoms with van der Waals surface area (Å²) in [6, 6.07) is 12.0. The van der Waals surface area contributed by atoms with Crippen molar-refractivity contribution in [1.29, 1.82) is 0 Å². The summed E-state index contributed by atoms with van der Waals surface area (Å²) in [6.45, 7) is 3.93. The van der Waals surface area contributed by atoms with Gasteiger partial charge in [-0.1, -0.05) is 18.2 Å². The van der Waals surface area contributed by atoms with E-state index >= 15 is 0 Å². The van der Waals surface area contributed by atoms with Crippen LogP contribution in [0.5, 0.6) is 11.5 Å². The average molecular weight is 373 g/mol. The number of phenols is 1. The van der Waals surface area contributed by atoms with Crippen molar-refractivity contribution in [1.82, 2.24) is 0 Å². The highest BCUT2D eigenvalue weighted by Crippen LogP contribution is 2.26. The molecule has 0 amide bonds. The van der Waals surface area contributed by atoms with Crippen molar-refractivity contribution in [3.05, 3.63) is 53.1 Å². The number of carboxylic acid groups (broad SMARTS) is 1. The maximum absolute atomic E-state index is 10.3. The van der Waals surface area contributed by atoms with Crippen molar-refractivity contribution in [2.45, 2.75) is 32.7 Å². The van der Waals surface area contributed by atoms with E-state index in [0.717, 1.165) is 35.4 Å². The number of aromatic hydroxyl groups is 1. The fourth-order valence-corrected chi connectivity index (χ4v) is 2.95. The SMILES string of the molecule is COc1cc(C)c(O)c(C)c1.O=C(O)COCC1CCc2ccccc2N1. The molecule has 1 heterocycles. The van der Waals surface area contributed by atoms with E-state index in [-0.39, 0.29) is 12.6 Å². The molecule has 0 saturated carbocycles. The molecule has 0 aromatic heterocycles. The van der Waals surface area contributed by atoms with Crippen LogP contribution in [-0.4, -0.2) is 42.5 Å². The summed E-state index contributed by atoms with van der Waals surface area (Å²) >= 11 is 0. The maximum atomic E-state index is 10.3. The fraction of sp³-hybridized carbons (Fsp3) is 0.381. The Balaban J connectivity index is 0.000000208. The number of anilines is 1. The second kappa shape index (κ2) is 9.83. The first-order chi connectivity index (χ1) is 12.9. The van der Waals surface area contributed by atoms with E-state index < -0.39 is 5.97 Å². The smallest absolute Gasteiger partial charge is 0.329 e. The highest BCUT2D eigenvalue weighted by atomic mass is 16.5. The Bertz CT molecular complexity index is 752. The van der Waals surface area contributed by atoms with Crippen LogP contribution in [0.1, 0.15) is 23.1 Å². The second-order valence-electron chi connectivity index (χ2n) is 6.56. The third-order valence-electron chi connectivity index (χ3n) is 4.38. The summed E-state index contributed by atoms with van der Waals surface area (Å²) in [4.78, 5) is 10.3. The first kappa shape index (κ1) is 20.6. The minimum absolute atomic E-state index is 0.217. The topological polar surface area (TPSA) is 88.0 Å². The van der Waals surface area contributed by atoms with E-state index in [1.54, 1.807) is 7.11 Å². The number of hydrogen-bond acceptors (Lipinski definition) is 5. The number of aryl methyl sites for hydroxylation is 3. The molecule has 2 aromatic rings. The molecular weight excluding hydrogens is 346 g/mol. The molecule has 2 aromatic carbocycles. The predicted octanol–water partition coefficient (Wildman–Crippen LogP) is 3.53. The van der Waals surface area contributed by atoms with Crippen LogP contribution in [0.25, 0.3) is 0 Å². The fourth-order valence-electron chi connectivity index (χ4n) is 2.95. The van der Waals surface area contributed by atoms with Gasteiger partial charge in [0.25, 0.3) is 0 Å². The molecule has 0 bridgehead atoms. The van der Waals surface area contributed by atoms with Crippen LogP contribution in [0, 0.1) is 13.8 Å². The number of benzene rings is 2. The van der Waals surface area contributed by atoms with Crippen molar-refractivity contribution in [3.8, 4) is 11.5 Å². The van der Waals surface area contributed by atoms with Crippen LogP contribution in [0.15, 0.2) is 36.4 Å². The van der Waals surface area contributed by atoms with Gasteiger partial charge >= 0.3 is 5.97 Å². The monoisotopic (exact) mass is 373 g/mol. The molecule has 0 saturated heterocycles. The van der Waals surface area contributed by atoms with E-state index in [1.165, 1.54) is 5.56 Å². The van der Waals surface area contributed by atoms with Gasteiger partial charge in [-0.2, -0.15) is 0 Å². The number of para-hydroxylation sites is 1. The second-order valence-corrected chi connectivity index (χ2v) is 6.56. The molecule has 0 aliphatic carbocycles. The van der Waals surface area contributed by atoms with Gasteiger partial charge in [-0.25, -0.2) is 4.79 Å². The van der Waals surface area contributed by atoms with Gasteiger partial charge in [0, 0.05) is 11.7 Å². The van der Waals surface area contributed by atoms with E-state index in [4.69, 9.17) is 14.6 Å². The molecular formula is C21H27NO5. The van der Waals surface area contributed by atoms with E-state index in [0.29, 0.717) is 12.4 Å². The number of carbonyl (C=O) groups is 1. The number of carboxylic acids is 1. The van der Waals surface area contributed by atoms with E-state index in [9.17, 15) is 9.90 Å². The number of methoxy groups -OCH3 is 1. The summed E-state index contributed by atoms with van der Waals surface area (Å²) < 4.78 is 10.1. The van der Waals surface area contributed by atoms with Crippen molar-refractivity contribution in [2.24, 2.45) is 0 Å². The first-order valence-electron chi connectivity index (χ1n) is 8.89. The molecule has 1 aliphatic rings. The first-order valence-corrected chi connectivity index (χ1v) is 8.89. The van der Waals surface area contributed by atoms with Crippen LogP contribution in [0.3, 0.4) is 0 Å². The van der Waals surface area contributed by atoms with E-state index in [1.807, 2.05) is 44.2 Å². The molecule has 0 radical (unpaired) electrons. The number of hydrogen-bond donors (Lipinski definition) is 3. The Labute approximate surface area is 159 Å². The standard InChI is InChI=1S/C12H15NO3.C9H12O2/c14-12(15)8-16-7-10-6-5-9-3-1-2-4-11(9)13-10;1-6-4-8(11-3)5-7(2)9(6)10/h1-4,10,13H,5-8H2,(H,14,15);4-5,10H,1-3H3. The van der Waals surface area contributed by atoms with Crippen molar-refractivity contribution in [3.63, 3.8) is 0 Å². The van der Waals surface area contributed by atoms with E-state index in [2.05, 4.69) is 11.4 Å². The summed E-state index contributed by atoms with van der Waals surface area (Å²) in [5, 5.41) is 21.2. The molecule has 6 nitrogen and oxygen atoms in total. The molecule has 6 heteroatoms. The molecule has 0 fully saturated rings. The van der Waals surface area contributed by atoms with Gasteiger partial charge in [0.15, 0.2) is 0 Å². The number of ether oxygens (including phenoxy) is 2. The Hall–Kier alpha value is -2.73. The van der Waals surface area contributed by atoms with Crippen LogP contribution in [0.4, 0.5) is 5.69 Å². The Kier molecular flexibility index (Phi) is 7.49. The molecule has 0 spiro atoms. The Morgan fingerprint density at radius 3 is 2.52 bits per heavy atom. The van der Waals surface area contributed by atoms with Crippen LogP contribution < -0.4 is 10.1 Å². The summed E-state index contributed by atoms with van der Waals surface area (Å²) in [6.07, 6.45) is 2.00. The zero-order valence-electron chi connectivity index (χ0n) is 16.0. The van der Waals surface area contributed by atoms with Gasteiger partial charge in [0.2, 0.25) is 0 Å². The number of nitrogens with one attached hydrogen (secondary N) is 1. The largest absolute Gasteiger partial charge is 0.507 e. The molecule has 27 heavy (non-hydrogen) atoms. The molecule has 3 N–H and O–H groups in total. The molecule has 146 valence electrons. The summed E-state index contributed by atoms with van der Waals surface area (Å²) in [7, 11) is 1.62. The predicted molar refractivity (Wildman–Crippen MR) is 105 cm³/mol. The minimum Gasteiger partial charge on any atom is -0.507 e.